The number of para-hydroxylation sites is 3. The number of carbonyl (C=O) groups is 3. The number of thioether (sulfide) groups is 1. The largest absolute Gasteiger partial charge is 0.492 e. The number of anilines is 9. The number of fused-ring (bicyclic) bond motifs is 3. The van der Waals surface area contributed by atoms with E-state index in [1.807, 2.05) is 216 Å². The van der Waals surface area contributed by atoms with Gasteiger partial charge in [-0.05, 0) is 173 Å². The Morgan fingerprint density at radius 1 is 0.444 bits per heavy atom. The molecule has 0 spiro atoms. The van der Waals surface area contributed by atoms with Gasteiger partial charge in [-0.2, -0.15) is 0 Å². The first kappa shape index (κ1) is 86.8. The number of aromatic nitrogens is 9. The Hall–Kier alpha value is -12.6. The molecule has 0 radical (unpaired) electrons. The lowest BCUT2D eigenvalue weighted by Gasteiger charge is -2.19. The summed E-state index contributed by atoms with van der Waals surface area (Å²) in [6.07, 6.45) is 16.1. The lowest BCUT2D eigenvalue weighted by molar-refractivity contribution is -0.112. The lowest BCUT2D eigenvalue weighted by Crippen LogP contribution is -2.20. The summed E-state index contributed by atoms with van der Waals surface area (Å²) >= 11 is 1.63. The highest BCUT2D eigenvalue weighted by atomic mass is 32.2. The molecule has 6 N–H and O–H groups in total. The quantitative estimate of drug-likeness (QED) is 0.0154. The van der Waals surface area contributed by atoms with Crippen molar-refractivity contribution >= 4 is 114 Å². The molecule has 0 aliphatic rings. The summed E-state index contributed by atoms with van der Waals surface area (Å²) < 4.78 is 69.0. The molecular weight excluding hydrogens is 1510 g/mol. The van der Waals surface area contributed by atoms with Crippen molar-refractivity contribution in [1.29, 1.82) is 0 Å². The zero-order chi connectivity index (χ0) is 83.3. The molecule has 0 bridgehead atoms. The highest BCUT2D eigenvalue weighted by Gasteiger charge is 2.22. The van der Waals surface area contributed by atoms with E-state index in [2.05, 4.69) is 76.4 Å². The zero-order valence-electron chi connectivity index (χ0n) is 67.5. The van der Waals surface area contributed by atoms with Crippen molar-refractivity contribution in [3.8, 4) is 56.8 Å². The molecule has 29 heteroatoms. The van der Waals surface area contributed by atoms with Gasteiger partial charge in [-0.3, -0.25) is 14.4 Å². The van der Waals surface area contributed by atoms with Gasteiger partial charge in [-0.15, -0.1) is 11.8 Å². The number of hydrogen-bond acceptors (Lipinski definition) is 20. The van der Waals surface area contributed by atoms with Gasteiger partial charge < -0.3 is 79.2 Å². The van der Waals surface area contributed by atoms with Gasteiger partial charge in [0, 0.05) is 122 Å². The van der Waals surface area contributed by atoms with E-state index >= 15 is 0 Å². The number of carbonyl (C=O) groups excluding carboxylic acids is 3. The number of ether oxygens (including phenoxy) is 4. The smallest absolute Gasteiger partial charge is 0.247 e. The number of aryl methyl sites for hydroxylation is 4. The van der Waals surface area contributed by atoms with Crippen LogP contribution in [0.3, 0.4) is 0 Å². The fourth-order valence-corrected chi connectivity index (χ4v) is 13.8. The van der Waals surface area contributed by atoms with E-state index in [1.165, 1.54) is 18.2 Å². The van der Waals surface area contributed by atoms with Gasteiger partial charge in [0.2, 0.25) is 35.6 Å². The number of nitrogens with one attached hydrogen (secondary N) is 6. The fraction of sp³-hybridized carbons (Fsp3) is 0.284. The van der Waals surface area contributed by atoms with Crippen molar-refractivity contribution < 1.29 is 46.5 Å². The molecule has 0 saturated heterocycles. The first-order valence-electron chi connectivity index (χ1n) is 38.4. The lowest BCUT2D eigenvalue weighted by atomic mass is 10.0. The second-order valence-electron chi connectivity index (χ2n) is 27.3. The van der Waals surface area contributed by atoms with Gasteiger partial charge in [0.15, 0.2) is 0 Å². The normalized spacial score (nSPS) is 11.1. The monoisotopic (exact) mass is 1610 g/mol. The summed E-state index contributed by atoms with van der Waals surface area (Å²) in [6, 6.07) is 40.1. The molecule has 612 valence electrons. The maximum absolute atomic E-state index is 13.2. The Morgan fingerprint density at radius 2 is 0.812 bits per heavy atom. The predicted octanol–water partition coefficient (Wildman–Crippen LogP) is 17.1. The van der Waals surface area contributed by atoms with Crippen LogP contribution in [0.4, 0.5) is 65.1 Å². The number of benzene rings is 6. The average molecular weight is 1610 g/mol. The number of likely N-dealkylation sites (N-methyl/N-ethyl adjacent to an activating group) is 1. The number of nitrogens with zero attached hydrogens (tertiary/aromatic N) is 12. The number of alkyl halides is 3. The molecular formula is C88H101F3N18O7S. The minimum Gasteiger partial charge on any atom is -0.492 e. The third kappa shape index (κ3) is 23.6. The summed E-state index contributed by atoms with van der Waals surface area (Å²) in [5.41, 5.74) is 12.1. The molecule has 0 fully saturated rings. The Labute approximate surface area is 684 Å². The second-order valence-corrected chi connectivity index (χ2v) is 28.4. The molecule has 3 amide bonds. The minimum absolute atomic E-state index is 0.261. The van der Waals surface area contributed by atoms with Gasteiger partial charge in [0.25, 0.3) is 0 Å². The molecule has 25 nitrogen and oxygen atoms in total. The number of hydrogen-bond donors (Lipinski definition) is 6. The Bertz CT molecular complexity index is 4880. The summed E-state index contributed by atoms with van der Waals surface area (Å²) in [7, 11) is 12.0. The number of amides is 3. The van der Waals surface area contributed by atoms with Crippen molar-refractivity contribution in [2.24, 2.45) is 0 Å². The van der Waals surface area contributed by atoms with Crippen LogP contribution in [0, 0.1) is 0 Å². The van der Waals surface area contributed by atoms with Crippen LogP contribution < -0.4 is 50.8 Å². The third-order valence-corrected chi connectivity index (χ3v) is 19.2. The van der Waals surface area contributed by atoms with Crippen molar-refractivity contribution in [2.45, 2.75) is 58.1 Å². The summed E-state index contributed by atoms with van der Waals surface area (Å²) in [4.78, 5) is 71.2. The van der Waals surface area contributed by atoms with Gasteiger partial charge in [0.05, 0.1) is 85.0 Å². The molecule has 0 saturated carbocycles. The van der Waals surface area contributed by atoms with Crippen LogP contribution in [0.2, 0.25) is 0 Å². The second kappa shape index (κ2) is 43.2. The SMILES string of the molecule is C=CC(=O)Nc1cc(Nc2nccc(-c3cn(CCF)c4ccccc34)n2)c(OCC)cc1CCCN(C)C.C=CC(=O)Nc1cc(Nc2nccc(-c3cn(CCF)c4ccccc34)n2)c(OCC)cc1OCCN(C)C.C=CC(=O)Nc1cc(Nc2nccc(-c3cn(CCF)c4ccccc34)n2)c(OCC)cc1SCCN(C)C. The van der Waals surface area contributed by atoms with Crippen LogP contribution in [0.25, 0.3) is 66.5 Å². The molecule has 0 aliphatic heterocycles. The third-order valence-electron chi connectivity index (χ3n) is 18.1. The Balaban J connectivity index is 0.000000185. The van der Waals surface area contributed by atoms with E-state index < -0.39 is 20.0 Å². The molecule has 12 aromatic rings. The summed E-state index contributed by atoms with van der Waals surface area (Å²) in [5.74, 6) is 3.19. The highest BCUT2D eigenvalue weighted by molar-refractivity contribution is 7.99. The van der Waals surface area contributed by atoms with Crippen LogP contribution >= 0.6 is 11.8 Å². The van der Waals surface area contributed by atoms with Crippen LogP contribution in [0.1, 0.15) is 32.8 Å². The number of halogens is 3. The molecule has 117 heavy (non-hydrogen) atoms. The van der Waals surface area contributed by atoms with Gasteiger partial charge >= 0.3 is 0 Å². The van der Waals surface area contributed by atoms with E-state index in [9.17, 15) is 27.6 Å². The Morgan fingerprint density at radius 3 is 1.21 bits per heavy atom. The van der Waals surface area contributed by atoms with Crippen LogP contribution in [-0.2, 0) is 40.4 Å². The summed E-state index contributed by atoms with van der Waals surface area (Å²) in [5, 5.41) is 21.4. The predicted molar refractivity (Wildman–Crippen MR) is 466 cm³/mol. The molecule has 0 unspecified atom stereocenters. The average Bonchev–Trinajstić information content (AvgIpc) is 1.66. The standard InChI is InChI=1S/C30H35FN6O2.C29H33FN6O3.C29H33FN6O2S/c1-5-29(38)33-25-19-26(28(39-6-2)18-21(25)10-9-16-36(3)4)35-30-32-15-13-24(34-30)23-20-37(17-14-31)27-12-8-7-11-22(23)27;1-5-28(37)32-23-17-24(26(38-6-2)18-27(23)39-16-15-35(3)4)34-29-31-13-11-22(33-29)21-19-36(14-12-30)25-10-8-7-9-20(21)25;1-5-28(37)32-24-17-23(26(38-6-2)18-27(24)39-16-15-35(3)4)34-29-31-13-11-22(33-29)21-19-36(14-12-30)25-10-8-7-9-20(21)25/h5,7-8,11-13,15,18-20H,1,6,9-10,14,16-17H2,2-4H3,(H,33,38)(H,32,34,35);2*5,7-11,13,17-19H,1,6,12,14-16H2,2-4H3,(H,32,37)(H,31,33,34). The van der Waals surface area contributed by atoms with E-state index in [0.29, 0.717) is 125 Å². The van der Waals surface area contributed by atoms with Crippen LogP contribution in [0.15, 0.2) is 207 Å². The van der Waals surface area contributed by atoms with E-state index in [4.69, 9.17) is 33.9 Å². The highest BCUT2D eigenvalue weighted by Crippen LogP contribution is 2.42. The van der Waals surface area contributed by atoms with Gasteiger partial charge in [-0.1, -0.05) is 74.3 Å². The summed E-state index contributed by atoms with van der Waals surface area (Å²) in [6.45, 7) is 20.1. The maximum Gasteiger partial charge on any atom is 0.247 e. The Kier molecular flexibility index (Phi) is 32.1. The van der Waals surface area contributed by atoms with Crippen LogP contribution in [0.5, 0.6) is 23.0 Å². The fourth-order valence-electron chi connectivity index (χ4n) is 12.7. The first-order chi connectivity index (χ1) is 56.8. The minimum atomic E-state index is -0.464. The van der Waals surface area contributed by atoms with E-state index in [0.717, 1.165) is 91.5 Å². The molecule has 6 heterocycles. The van der Waals surface area contributed by atoms with Gasteiger partial charge in [-0.25, -0.2) is 43.1 Å². The number of rotatable bonds is 39. The molecule has 0 atom stereocenters. The van der Waals surface area contributed by atoms with Crippen molar-refractivity contribution in [3.05, 3.63) is 208 Å². The topological polar surface area (TPSA) is 262 Å². The van der Waals surface area contributed by atoms with Gasteiger partial charge in [0.1, 0.15) is 49.6 Å². The van der Waals surface area contributed by atoms with Crippen molar-refractivity contribution in [3.63, 3.8) is 0 Å². The molecule has 12 rings (SSSR count). The first-order valence-corrected chi connectivity index (χ1v) is 39.4. The van der Waals surface area contributed by atoms with Crippen molar-refractivity contribution in [2.75, 3.05) is 146 Å². The van der Waals surface area contributed by atoms with E-state index in [-0.39, 0.29) is 37.4 Å². The van der Waals surface area contributed by atoms with Crippen molar-refractivity contribution in [1.82, 2.24) is 58.3 Å². The van der Waals surface area contributed by atoms with Crippen LogP contribution in [-0.4, -0.2) is 190 Å². The molecule has 6 aromatic carbocycles. The maximum atomic E-state index is 13.2. The molecule has 0 aliphatic carbocycles. The van der Waals surface area contributed by atoms with E-state index in [1.54, 1.807) is 42.5 Å². The zero-order valence-corrected chi connectivity index (χ0v) is 68.3. The molecule has 6 aromatic heterocycles.